The van der Waals surface area contributed by atoms with Crippen molar-refractivity contribution in [2.24, 2.45) is 5.92 Å². The third-order valence-corrected chi connectivity index (χ3v) is 3.52. The lowest BCUT2D eigenvalue weighted by Crippen LogP contribution is -2.23. The first-order valence-corrected chi connectivity index (χ1v) is 7.64. The van der Waals surface area contributed by atoms with Crippen LogP contribution in [0.5, 0.6) is 6.01 Å². The van der Waals surface area contributed by atoms with Crippen molar-refractivity contribution in [3.05, 3.63) is 0 Å². The van der Waals surface area contributed by atoms with E-state index in [0.717, 1.165) is 37.9 Å². The molecule has 2 rings (SSSR count). The fourth-order valence-electron chi connectivity index (χ4n) is 2.33. The second-order valence-corrected chi connectivity index (χ2v) is 5.13. The summed E-state index contributed by atoms with van der Waals surface area (Å²) < 4.78 is 5.57. The molecule has 0 aromatic carbocycles. The molecule has 0 spiro atoms. The Hall–Kier alpha value is -1.59. The van der Waals surface area contributed by atoms with E-state index >= 15 is 0 Å². The Morgan fingerprint density at radius 3 is 2.75 bits per heavy atom. The lowest BCUT2D eigenvalue weighted by atomic mass is 10.1. The molecule has 20 heavy (non-hydrogen) atoms. The number of hydrogen-bond donors (Lipinski definition) is 1. The van der Waals surface area contributed by atoms with E-state index < -0.39 is 0 Å². The molecule has 1 fully saturated rings. The average molecular weight is 279 g/mol. The van der Waals surface area contributed by atoms with Gasteiger partial charge in [-0.15, -0.1) is 0 Å². The van der Waals surface area contributed by atoms with E-state index in [-0.39, 0.29) is 0 Å². The molecule has 0 radical (unpaired) electrons. The van der Waals surface area contributed by atoms with E-state index in [2.05, 4.69) is 39.0 Å². The Bertz CT molecular complexity index is 426. The van der Waals surface area contributed by atoms with Gasteiger partial charge in [-0.1, -0.05) is 20.3 Å². The number of hydrogen-bond acceptors (Lipinski definition) is 6. The zero-order valence-electron chi connectivity index (χ0n) is 12.7. The van der Waals surface area contributed by atoms with E-state index in [0.29, 0.717) is 18.6 Å². The van der Waals surface area contributed by atoms with Gasteiger partial charge in [-0.2, -0.15) is 15.0 Å². The van der Waals surface area contributed by atoms with E-state index in [9.17, 15) is 0 Å². The Morgan fingerprint density at radius 1 is 1.25 bits per heavy atom. The Labute approximate surface area is 121 Å². The molecule has 1 unspecified atom stereocenters. The minimum Gasteiger partial charge on any atom is -0.463 e. The fourth-order valence-corrected chi connectivity index (χ4v) is 2.33. The topological polar surface area (TPSA) is 63.2 Å². The first-order chi connectivity index (χ1) is 9.76. The average Bonchev–Trinajstić information content (AvgIpc) is 2.94. The van der Waals surface area contributed by atoms with Crippen LogP contribution < -0.4 is 15.0 Å². The summed E-state index contributed by atoms with van der Waals surface area (Å²) in [6.45, 7) is 9.79. The van der Waals surface area contributed by atoms with Crippen LogP contribution >= 0.6 is 0 Å². The summed E-state index contributed by atoms with van der Waals surface area (Å²) in [6, 6.07) is 0.424. The first-order valence-electron chi connectivity index (χ1n) is 7.64. The summed E-state index contributed by atoms with van der Waals surface area (Å²) in [7, 11) is 0. The van der Waals surface area contributed by atoms with E-state index in [1.165, 1.54) is 12.8 Å². The number of ether oxygens (including phenoxy) is 1. The number of rotatable bonds is 7. The Balaban J connectivity index is 2.15. The molecule has 1 aromatic rings. The molecule has 1 N–H and O–H groups in total. The highest BCUT2D eigenvalue weighted by Gasteiger charge is 2.24. The van der Waals surface area contributed by atoms with Crippen LogP contribution in [-0.4, -0.2) is 41.2 Å². The van der Waals surface area contributed by atoms with Crippen molar-refractivity contribution in [3.8, 4) is 6.01 Å². The highest BCUT2D eigenvalue weighted by molar-refractivity contribution is 5.39. The third kappa shape index (κ3) is 3.71. The van der Waals surface area contributed by atoms with Gasteiger partial charge in [0.25, 0.3) is 0 Å². The zero-order valence-corrected chi connectivity index (χ0v) is 12.7. The predicted octanol–water partition coefficient (Wildman–Crippen LogP) is 2.33. The van der Waals surface area contributed by atoms with Crippen LogP contribution in [0, 0.1) is 5.92 Å². The molecule has 6 heteroatoms. The van der Waals surface area contributed by atoms with E-state index in [1.807, 2.05) is 6.92 Å². The minimum atomic E-state index is 0.424. The van der Waals surface area contributed by atoms with Gasteiger partial charge in [-0.05, 0) is 25.7 Å². The molecule has 1 aromatic heterocycles. The number of anilines is 2. The quantitative estimate of drug-likeness (QED) is 0.826. The van der Waals surface area contributed by atoms with Gasteiger partial charge in [0.15, 0.2) is 0 Å². The second-order valence-electron chi connectivity index (χ2n) is 5.13. The zero-order chi connectivity index (χ0) is 14.4. The summed E-state index contributed by atoms with van der Waals surface area (Å²) in [5.41, 5.74) is 0. The Kier molecular flexibility index (Phi) is 5.38. The van der Waals surface area contributed by atoms with Gasteiger partial charge in [0.1, 0.15) is 0 Å². The van der Waals surface area contributed by atoms with Crippen molar-refractivity contribution in [3.63, 3.8) is 0 Å². The maximum Gasteiger partial charge on any atom is 0.323 e. The normalized spacial score (nSPS) is 18.4. The summed E-state index contributed by atoms with van der Waals surface area (Å²) in [6.07, 6.45) is 3.36. The molecule has 1 saturated heterocycles. The molecular formula is C14H25N5O. The van der Waals surface area contributed by atoms with Crippen molar-refractivity contribution in [1.29, 1.82) is 0 Å². The van der Waals surface area contributed by atoms with Crippen LogP contribution in [0.3, 0.4) is 0 Å². The van der Waals surface area contributed by atoms with Crippen molar-refractivity contribution in [1.82, 2.24) is 15.0 Å². The highest BCUT2D eigenvalue weighted by Crippen LogP contribution is 2.24. The van der Waals surface area contributed by atoms with Gasteiger partial charge < -0.3 is 15.0 Å². The molecule has 1 aliphatic heterocycles. The largest absolute Gasteiger partial charge is 0.463 e. The fraction of sp³-hybridized carbons (Fsp3) is 0.786. The van der Waals surface area contributed by atoms with Crippen LogP contribution in [-0.2, 0) is 0 Å². The van der Waals surface area contributed by atoms with E-state index in [1.54, 1.807) is 0 Å². The lowest BCUT2D eigenvalue weighted by Gasteiger charge is -2.17. The first kappa shape index (κ1) is 14.8. The summed E-state index contributed by atoms with van der Waals surface area (Å²) >= 11 is 0. The maximum absolute atomic E-state index is 5.57. The lowest BCUT2D eigenvalue weighted by molar-refractivity contribution is 0.292. The predicted molar refractivity (Wildman–Crippen MR) is 80.4 cm³/mol. The number of nitrogens with zero attached hydrogens (tertiary/aromatic N) is 4. The smallest absolute Gasteiger partial charge is 0.323 e. The number of aromatic nitrogens is 3. The molecule has 0 amide bonds. The van der Waals surface area contributed by atoms with Crippen molar-refractivity contribution in [2.75, 3.05) is 36.5 Å². The van der Waals surface area contributed by atoms with Crippen molar-refractivity contribution >= 4 is 11.9 Å². The van der Waals surface area contributed by atoms with Crippen molar-refractivity contribution in [2.45, 2.75) is 40.0 Å². The van der Waals surface area contributed by atoms with E-state index in [4.69, 9.17) is 4.74 Å². The van der Waals surface area contributed by atoms with Gasteiger partial charge >= 0.3 is 6.01 Å². The van der Waals surface area contributed by atoms with Crippen LogP contribution in [0.1, 0.15) is 40.0 Å². The molecule has 0 bridgehead atoms. The van der Waals surface area contributed by atoms with Gasteiger partial charge in [0.05, 0.1) is 6.61 Å². The van der Waals surface area contributed by atoms with Crippen LogP contribution in [0.4, 0.5) is 11.9 Å². The summed E-state index contributed by atoms with van der Waals surface area (Å²) in [5.74, 6) is 2.08. The summed E-state index contributed by atoms with van der Waals surface area (Å²) in [4.78, 5) is 15.5. The molecule has 6 nitrogen and oxygen atoms in total. The van der Waals surface area contributed by atoms with Crippen molar-refractivity contribution < 1.29 is 4.74 Å². The van der Waals surface area contributed by atoms with Crippen LogP contribution in [0.25, 0.3) is 0 Å². The molecule has 112 valence electrons. The molecule has 2 heterocycles. The second kappa shape index (κ2) is 7.26. The molecule has 1 atom stereocenters. The van der Waals surface area contributed by atoms with Gasteiger partial charge in [-0.25, -0.2) is 0 Å². The maximum atomic E-state index is 5.57. The Morgan fingerprint density at radius 2 is 2.10 bits per heavy atom. The van der Waals surface area contributed by atoms with Gasteiger partial charge in [0, 0.05) is 19.6 Å². The number of nitrogens with one attached hydrogen (secondary N) is 1. The molecule has 0 saturated carbocycles. The van der Waals surface area contributed by atoms with Crippen LogP contribution in [0.15, 0.2) is 0 Å². The monoisotopic (exact) mass is 279 g/mol. The third-order valence-electron chi connectivity index (χ3n) is 3.52. The standard InChI is InChI=1S/C14H25N5O/c1-4-9-20-14-17-12(15-6-3)16-13(18-14)19-8-7-11(5-2)10-19/h11H,4-10H2,1-3H3,(H,15,16,17,18). The molecular weight excluding hydrogens is 254 g/mol. The molecule has 1 aliphatic rings. The SMILES string of the molecule is CCCOc1nc(NCC)nc(N2CCC(CC)C2)n1. The molecule has 0 aliphatic carbocycles. The minimum absolute atomic E-state index is 0.424. The summed E-state index contributed by atoms with van der Waals surface area (Å²) in [5, 5.41) is 3.14. The van der Waals surface area contributed by atoms with Crippen LogP contribution in [0.2, 0.25) is 0 Å². The van der Waals surface area contributed by atoms with Gasteiger partial charge in [0.2, 0.25) is 11.9 Å². The highest BCUT2D eigenvalue weighted by atomic mass is 16.5. The van der Waals surface area contributed by atoms with Gasteiger partial charge in [-0.3, -0.25) is 0 Å².